The molecule has 2 aromatic heterocycles. The van der Waals surface area contributed by atoms with Crippen molar-refractivity contribution in [2.45, 2.75) is 146 Å². The number of thioether (sulfide) groups is 2. The third-order valence-corrected chi connectivity index (χ3v) is 11.7. The average Bonchev–Trinajstić information content (AvgIpc) is 3.68. The molecule has 1 atom stereocenters. The van der Waals surface area contributed by atoms with Crippen LogP contribution in [0.1, 0.15) is 136 Å². The van der Waals surface area contributed by atoms with Gasteiger partial charge in [0.1, 0.15) is 11.4 Å². The SMILES string of the molecule is CCCCCCCCCCCCSc1ccc(-n2nc(CCCC)c(/N=N/c3nnc(SCC(CC)CCCC)s3)c2N)c(OC)c1. The van der Waals surface area contributed by atoms with Crippen LogP contribution in [0.25, 0.3) is 5.69 Å². The van der Waals surface area contributed by atoms with Crippen LogP contribution in [0.5, 0.6) is 5.75 Å². The van der Waals surface area contributed by atoms with E-state index in [-0.39, 0.29) is 0 Å². The number of nitrogen functional groups attached to an aromatic ring is 1. The van der Waals surface area contributed by atoms with Gasteiger partial charge in [-0.1, -0.05) is 134 Å². The molecule has 3 aromatic rings. The number of ether oxygens (including phenoxy) is 1. The predicted octanol–water partition coefficient (Wildman–Crippen LogP) is 12.4. The van der Waals surface area contributed by atoms with Crippen molar-refractivity contribution in [2.75, 3.05) is 24.3 Å². The van der Waals surface area contributed by atoms with E-state index in [1.54, 1.807) is 23.6 Å². The summed E-state index contributed by atoms with van der Waals surface area (Å²) in [5.74, 6) is 4.06. The molecule has 8 nitrogen and oxygen atoms in total. The highest BCUT2D eigenvalue weighted by Gasteiger charge is 2.20. The number of rotatable bonds is 26. The highest BCUT2D eigenvalue weighted by atomic mass is 32.2. The third kappa shape index (κ3) is 13.7. The van der Waals surface area contributed by atoms with Crippen molar-refractivity contribution >= 4 is 51.5 Å². The summed E-state index contributed by atoms with van der Waals surface area (Å²) in [4.78, 5) is 1.19. The minimum Gasteiger partial charge on any atom is -0.494 e. The van der Waals surface area contributed by atoms with Gasteiger partial charge in [-0.3, -0.25) is 0 Å². The maximum Gasteiger partial charge on any atom is 0.252 e. The Morgan fingerprint density at radius 3 is 2.23 bits per heavy atom. The van der Waals surface area contributed by atoms with Crippen molar-refractivity contribution < 1.29 is 4.74 Å². The van der Waals surface area contributed by atoms with Crippen molar-refractivity contribution in [3.63, 3.8) is 0 Å². The van der Waals surface area contributed by atoms with Crippen molar-refractivity contribution in [1.29, 1.82) is 0 Å². The second-order valence-corrected chi connectivity index (χ2v) is 15.7. The lowest BCUT2D eigenvalue weighted by Gasteiger charge is -2.12. The molecule has 0 amide bonds. The van der Waals surface area contributed by atoms with Crippen LogP contribution in [0.3, 0.4) is 0 Å². The molecule has 0 saturated carbocycles. The zero-order valence-electron chi connectivity index (χ0n) is 29.6. The van der Waals surface area contributed by atoms with E-state index < -0.39 is 0 Å². The topological polar surface area (TPSA) is 104 Å². The molecule has 0 spiro atoms. The Morgan fingerprint density at radius 2 is 1.55 bits per heavy atom. The summed E-state index contributed by atoms with van der Waals surface area (Å²) in [5.41, 5.74) is 8.93. The summed E-state index contributed by atoms with van der Waals surface area (Å²) in [5, 5.41) is 23.1. The number of nitrogens with zero attached hydrogens (tertiary/aromatic N) is 6. The number of azo groups is 1. The Kier molecular flexibility index (Phi) is 19.5. The Morgan fingerprint density at radius 1 is 0.851 bits per heavy atom. The number of nitrogens with two attached hydrogens (primary N) is 1. The van der Waals surface area contributed by atoms with Gasteiger partial charge in [0.15, 0.2) is 15.8 Å². The van der Waals surface area contributed by atoms with Crippen LogP contribution in [0, 0.1) is 5.92 Å². The number of methoxy groups -OCH3 is 1. The summed E-state index contributed by atoms with van der Waals surface area (Å²) >= 11 is 5.13. The number of unbranched alkanes of at least 4 members (excludes halogenated alkanes) is 11. The van der Waals surface area contributed by atoms with Crippen LogP contribution in [0.4, 0.5) is 16.6 Å². The minimum absolute atomic E-state index is 0.449. The molecule has 0 bridgehead atoms. The molecule has 11 heteroatoms. The van der Waals surface area contributed by atoms with E-state index in [1.165, 1.54) is 106 Å². The van der Waals surface area contributed by atoms with E-state index in [0.29, 0.717) is 22.6 Å². The first kappa shape index (κ1) is 39.3. The molecule has 3 rings (SSSR count). The lowest BCUT2D eigenvalue weighted by molar-refractivity contribution is 0.410. The Balaban J connectivity index is 1.62. The van der Waals surface area contributed by atoms with Gasteiger partial charge in [0.25, 0.3) is 5.13 Å². The molecule has 47 heavy (non-hydrogen) atoms. The molecule has 262 valence electrons. The summed E-state index contributed by atoms with van der Waals surface area (Å²) in [6.45, 7) is 8.96. The number of aryl methyl sites for hydroxylation is 1. The van der Waals surface area contributed by atoms with Crippen LogP contribution in [0.15, 0.2) is 37.7 Å². The Hall–Kier alpha value is -2.11. The van der Waals surface area contributed by atoms with Gasteiger partial charge >= 0.3 is 0 Å². The molecule has 2 N–H and O–H groups in total. The van der Waals surface area contributed by atoms with Gasteiger partial charge in [0.05, 0.1) is 12.8 Å². The third-order valence-electron chi connectivity index (χ3n) is 8.50. The van der Waals surface area contributed by atoms with E-state index in [1.807, 2.05) is 17.8 Å². The van der Waals surface area contributed by atoms with Crippen LogP contribution >= 0.6 is 34.9 Å². The maximum absolute atomic E-state index is 6.70. The van der Waals surface area contributed by atoms with Gasteiger partial charge in [-0.2, -0.15) is 5.10 Å². The van der Waals surface area contributed by atoms with Crippen molar-refractivity contribution in [3.8, 4) is 11.4 Å². The van der Waals surface area contributed by atoms with Crippen LogP contribution in [-0.4, -0.2) is 38.6 Å². The number of hydrogen-bond acceptors (Lipinski definition) is 10. The molecule has 0 saturated heterocycles. The van der Waals surface area contributed by atoms with E-state index in [0.717, 1.165) is 52.2 Å². The van der Waals surface area contributed by atoms with Gasteiger partial charge in [-0.15, -0.1) is 32.2 Å². The Labute approximate surface area is 296 Å². The van der Waals surface area contributed by atoms with Crippen molar-refractivity contribution in [2.24, 2.45) is 16.1 Å². The first-order valence-electron chi connectivity index (χ1n) is 18.1. The molecule has 0 aliphatic rings. The van der Waals surface area contributed by atoms with Crippen molar-refractivity contribution in [3.05, 3.63) is 23.9 Å². The second kappa shape index (κ2) is 23.3. The van der Waals surface area contributed by atoms with E-state index >= 15 is 0 Å². The highest BCUT2D eigenvalue weighted by Crippen LogP contribution is 2.37. The van der Waals surface area contributed by atoms with Crippen molar-refractivity contribution in [1.82, 2.24) is 20.0 Å². The maximum atomic E-state index is 6.70. The summed E-state index contributed by atoms with van der Waals surface area (Å²) in [6, 6.07) is 6.28. The molecule has 0 aliphatic heterocycles. The van der Waals surface area contributed by atoms with Gasteiger partial charge in [0, 0.05) is 10.6 Å². The average molecular weight is 702 g/mol. The van der Waals surface area contributed by atoms with Gasteiger partial charge in [-0.25, -0.2) is 4.68 Å². The molecule has 1 aromatic carbocycles. The molecule has 2 heterocycles. The highest BCUT2D eigenvalue weighted by molar-refractivity contribution is 8.01. The first-order chi connectivity index (χ1) is 23.0. The van der Waals surface area contributed by atoms with Gasteiger partial charge in [0.2, 0.25) is 0 Å². The normalized spacial score (nSPS) is 12.4. The standard InChI is InChI=1S/C36H59N7OS3/c1-6-10-13-14-15-16-17-18-19-20-25-45-29-23-24-31(32(26-29)44-5)43-34(37)33(30(42-43)22-12-8-3)38-39-35-40-41-36(47-35)46-27-28(9-4)21-11-7-2/h23-24,26,28H,6-22,25,27,37H2,1-5H3/b39-38+. The number of anilines is 1. The lowest BCUT2D eigenvalue weighted by atomic mass is 10.0. The zero-order chi connectivity index (χ0) is 33.7. The number of benzene rings is 1. The fraction of sp³-hybridized carbons (Fsp3) is 0.694. The van der Waals surface area contributed by atoms with Gasteiger partial charge in [-0.05, 0) is 55.6 Å². The smallest absolute Gasteiger partial charge is 0.252 e. The molecular weight excluding hydrogens is 643 g/mol. The fourth-order valence-electron chi connectivity index (χ4n) is 5.46. The monoisotopic (exact) mass is 701 g/mol. The lowest BCUT2D eigenvalue weighted by Crippen LogP contribution is -2.04. The quantitative estimate of drug-likeness (QED) is 0.0504. The fourth-order valence-corrected chi connectivity index (χ4v) is 8.34. The second-order valence-electron chi connectivity index (χ2n) is 12.3. The Bertz CT molecular complexity index is 1310. The summed E-state index contributed by atoms with van der Waals surface area (Å²) in [6.07, 6.45) is 21.3. The minimum atomic E-state index is 0.449. The van der Waals surface area contributed by atoms with E-state index in [9.17, 15) is 0 Å². The van der Waals surface area contributed by atoms with E-state index in [2.05, 4.69) is 60.3 Å². The van der Waals surface area contributed by atoms with Gasteiger partial charge < -0.3 is 10.5 Å². The molecule has 0 fully saturated rings. The van der Waals surface area contributed by atoms with Crippen LogP contribution in [0.2, 0.25) is 0 Å². The van der Waals surface area contributed by atoms with Crippen LogP contribution in [-0.2, 0) is 6.42 Å². The number of aromatic nitrogens is 4. The number of hydrogen-bond donors (Lipinski definition) is 1. The summed E-state index contributed by atoms with van der Waals surface area (Å²) < 4.78 is 8.51. The molecule has 0 aliphatic carbocycles. The molecule has 1 unspecified atom stereocenters. The van der Waals surface area contributed by atoms with Crippen LogP contribution < -0.4 is 10.5 Å². The predicted molar refractivity (Wildman–Crippen MR) is 204 cm³/mol. The largest absolute Gasteiger partial charge is 0.494 e. The molecular formula is C36H59N7OS3. The first-order valence-corrected chi connectivity index (χ1v) is 20.9. The summed E-state index contributed by atoms with van der Waals surface area (Å²) in [7, 11) is 1.70. The van der Waals surface area contributed by atoms with E-state index in [4.69, 9.17) is 15.6 Å². The molecule has 0 radical (unpaired) electrons. The zero-order valence-corrected chi connectivity index (χ0v) is 32.1.